The molecule has 0 unspecified atom stereocenters. The Bertz CT molecular complexity index is 375. The molecule has 0 aliphatic heterocycles. The van der Waals surface area contributed by atoms with Gasteiger partial charge in [0.15, 0.2) is 5.16 Å². The summed E-state index contributed by atoms with van der Waals surface area (Å²) in [4.78, 5) is 19.7. The number of rotatable bonds is 5. The van der Waals surface area contributed by atoms with Crippen molar-refractivity contribution in [2.45, 2.75) is 25.9 Å². The molecule has 3 N–H and O–H groups in total. The Morgan fingerprint density at radius 1 is 1.53 bits per heavy atom. The smallest absolute Gasteiger partial charge is 0.230 e. The Hall–Kier alpha value is -1.30. The van der Waals surface area contributed by atoms with Crippen LogP contribution in [0.4, 0.5) is 5.82 Å². The number of carbonyl (C=O) groups excluding carboxylic acids is 1. The lowest BCUT2D eigenvalue weighted by atomic mass is 10.2. The van der Waals surface area contributed by atoms with Gasteiger partial charge >= 0.3 is 0 Å². The van der Waals surface area contributed by atoms with Gasteiger partial charge in [0.25, 0.3) is 0 Å². The highest BCUT2D eigenvalue weighted by molar-refractivity contribution is 7.99. The molecule has 0 bridgehead atoms. The summed E-state index contributed by atoms with van der Waals surface area (Å²) in [5.74, 6) is 1.19. The molecule has 0 aliphatic rings. The highest BCUT2D eigenvalue weighted by Gasteiger charge is 2.06. The van der Waals surface area contributed by atoms with Gasteiger partial charge in [0, 0.05) is 18.3 Å². The number of hydrogen-bond acceptors (Lipinski definition) is 5. The van der Waals surface area contributed by atoms with Crippen LogP contribution in [0.25, 0.3) is 0 Å². The second-order valence-electron chi connectivity index (χ2n) is 4.20. The number of carbonyl (C=O) groups is 1. The zero-order valence-electron chi connectivity index (χ0n) is 10.4. The molecule has 0 radical (unpaired) electrons. The summed E-state index contributed by atoms with van der Waals surface area (Å²) in [6.45, 7) is 6.65. The third-order valence-corrected chi connectivity index (χ3v) is 2.74. The third-order valence-electron chi connectivity index (χ3n) is 1.89. The highest BCUT2D eigenvalue weighted by atomic mass is 32.2. The molecule has 0 atom stereocenters. The molecule has 1 rings (SSSR count). The molecular weight excluding hydrogens is 236 g/mol. The van der Waals surface area contributed by atoms with E-state index in [1.165, 1.54) is 11.8 Å². The molecule has 0 aliphatic carbocycles. The van der Waals surface area contributed by atoms with Crippen molar-refractivity contribution in [1.29, 1.82) is 0 Å². The second kappa shape index (κ2) is 6.44. The summed E-state index contributed by atoms with van der Waals surface area (Å²) in [6.07, 6.45) is 0. The predicted molar refractivity (Wildman–Crippen MR) is 69.8 cm³/mol. The number of nitrogens with zero attached hydrogens (tertiary/aromatic N) is 2. The van der Waals surface area contributed by atoms with Crippen LogP contribution in [-0.4, -0.2) is 28.2 Å². The molecule has 17 heavy (non-hydrogen) atoms. The van der Waals surface area contributed by atoms with E-state index in [0.717, 1.165) is 5.69 Å². The summed E-state index contributed by atoms with van der Waals surface area (Å²) in [7, 11) is 0. The average Bonchev–Trinajstić information content (AvgIpc) is 2.22. The molecule has 0 fully saturated rings. The lowest BCUT2D eigenvalue weighted by molar-refractivity contribution is -0.118. The Labute approximate surface area is 106 Å². The van der Waals surface area contributed by atoms with Crippen LogP contribution in [0, 0.1) is 12.8 Å². The first-order chi connectivity index (χ1) is 7.97. The van der Waals surface area contributed by atoms with Gasteiger partial charge in [0.05, 0.1) is 5.75 Å². The molecule has 1 aromatic rings. The SMILES string of the molecule is Cc1cc(N)nc(SCC(=O)NCC(C)C)n1. The van der Waals surface area contributed by atoms with Crippen LogP contribution in [0.3, 0.4) is 0 Å². The zero-order chi connectivity index (χ0) is 12.8. The van der Waals surface area contributed by atoms with Crippen molar-refractivity contribution in [3.05, 3.63) is 11.8 Å². The van der Waals surface area contributed by atoms with Crippen molar-refractivity contribution in [1.82, 2.24) is 15.3 Å². The summed E-state index contributed by atoms with van der Waals surface area (Å²) < 4.78 is 0. The van der Waals surface area contributed by atoms with Crippen LogP contribution >= 0.6 is 11.8 Å². The van der Waals surface area contributed by atoms with Crippen LogP contribution in [0.2, 0.25) is 0 Å². The van der Waals surface area contributed by atoms with E-state index in [2.05, 4.69) is 29.1 Å². The number of anilines is 1. The second-order valence-corrected chi connectivity index (χ2v) is 5.15. The zero-order valence-corrected chi connectivity index (χ0v) is 11.2. The number of thioether (sulfide) groups is 1. The number of aromatic nitrogens is 2. The van der Waals surface area contributed by atoms with Crippen LogP contribution in [-0.2, 0) is 4.79 Å². The average molecular weight is 254 g/mol. The van der Waals surface area contributed by atoms with E-state index in [1.54, 1.807) is 6.07 Å². The Kier molecular flexibility index (Phi) is 5.21. The van der Waals surface area contributed by atoms with E-state index in [9.17, 15) is 4.79 Å². The summed E-state index contributed by atoms with van der Waals surface area (Å²) >= 11 is 1.29. The normalized spacial score (nSPS) is 10.6. The van der Waals surface area contributed by atoms with Crippen molar-refractivity contribution in [3.8, 4) is 0 Å². The van der Waals surface area contributed by atoms with E-state index in [0.29, 0.717) is 29.2 Å². The molecule has 0 spiro atoms. The number of nitrogens with one attached hydrogen (secondary N) is 1. The fourth-order valence-corrected chi connectivity index (χ4v) is 1.87. The van der Waals surface area contributed by atoms with Crippen molar-refractivity contribution in [2.24, 2.45) is 5.92 Å². The van der Waals surface area contributed by atoms with Crippen molar-refractivity contribution in [2.75, 3.05) is 18.0 Å². The summed E-state index contributed by atoms with van der Waals surface area (Å²) in [5.41, 5.74) is 6.41. The quantitative estimate of drug-likeness (QED) is 0.610. The monoisotopic (exact) mass is 254 g/mol. The lowest BCUT2D eigenvalue weighted by Gasteiger charge is -2.07. The molecule has 94 valence electrons. The van der Waals surface area contributed by atoms with Crippen molar-refractivity contribution >= 4 is 23.5 Å². The van der Waals surface area contributed by atoms with Crippen LogP contribution in [0.5, 0.6) is 0 Å². The summed E-state index contributed by atoms with van der Waals surface area (Å²) in [5, 5.41) is 3.38. The van der Waals surface area contributed by atoms with E-state index < -0.39 is 0 Å². The van der Waals surface area contributed by atoms with Gasteiger partial charge in [-0.2, -0.15) is 0 Å². The van der Waals surface area contributed by atoms with Gasteiger partial charge in [0.2, 0.25) is 5.91 Å². The first kappa shape index (κ1) is 13.8. The topological polar surface area (TPSA) is 80.9 Å². The lowest BCUT2D eigenvalue weighted by Crippen LogP contribution is -2.28. The third kappa shape index (κ3) is 5.53. The molecule has 5 nitrogen and oxygen atoms in total. The number of nitrogen functional groups attached to an aromatic ring is 1. The van der Waals surface area contributed by atoms with Gasteiger partial charge in [-0.3, -0.25) is 4.79 Å². The Balaban J connectivity index is 2.42. The summed E-state index contributed by atoms with van der Waals surface area (Å²) in [6, 6.07) is 1.70. The van der Waals surface area contributed by atoms with Gasteiger partial charge < -0.3 is 11.1 Å². The van der Waals surface area contributed by atoms with Gasteiger partial charge in [0.1, 0.15) is 5.82 Å². The number of hydrogen-bond donors (Lipinski definition) is 2. The molecule has 1 heterocycles. The molecular formula is C11H18N4OS. The Morgan fingerprint density at radius 2 is 2.24 bits per heavy atom. The first-order valence-electron chi connectivity index (χ1n) is 5.48. The van der Waals surface area contributed by atoms with E-state index in [1.807, 2.05) is 6.92 Å². The van der Waals surface area contributed by atoms with Crippen molar-refractivity contribution < 1.29 is 4.79 Å². The van der Waals surface area contributed by atoms with E-state index in [4.69, 9.17) is 5.73 Å². The fraction of sp³-hybridized carbons (Fsp3) is 0.545. The molecule has 6 heteroatoms. The van der Waals surface area contributed by atoms with E-state index >= 15 is 0 Å². The maximum atomic E-state index is 11.5. The maximum absolute atomic E-state index is 11.5. The van der Waals surface area contributed by atoms with Gasteiger partial charge in [-0.05, 0) is 12.8 Å². The minimum Gasteiger partial charge on any atom is -0.384 e. The van der Waals surface area contributed by atoms with Crippen LogP contribution < -0.4 is 11.1 Å². The first-order valence-corrected chi connectivity index (χ1v) is 6.46. The van der Waals surface area contributed by atoms with Crippen molar-refractivity contribution in [3.63, 3.8) is 0 Å². The van der Waals surface area contributed by atoms with Crippen LogP contribution in [0.1, 0.15) is 19.5 Å². The molecule has 0 saturated carbocycles. The largest absolute Gasteiger partial charge is 0.384 e. The Morgan fingerprint density at radius 3 is 2.82 bits per heavy atom. The van der Waals surface area contributed by atoms with Gasteiger partial charge in [-0.1, -0.05) is 25.6 Å². The molecule has 0 saturated heterocycles. The fourth-order valence-electron chi connectivity index (χ4n) is 1.13. The highest BCUT2D eigenvalue weighted by Crippen LogP contribution is 2.14. The van der Waals surface area contributed by atoms with Crippen LogP contribution in [0.15, 0.2) is 11.2 Å². The molecule has 1 aromatic heterocycles. The maximum Gasteiger partial charge on any atom is 0.230 e. The van der Waals surface area contributed by atoms with E-state index in [-0.39, 0.29) is 5.91 Å². The van der Waals surface area contributed by atoms with Gasteiger partial charge in [-0.15, -0.1) is 0 Å². The minimum atomic E-state index is -0.00706. The number of amides is 1. The predicted octanol–water partition coefficient (Wildman–Crippen LogP) is 1.23. The molecule has 0 aromatic carbocycles. The van der Waals surface area contributed by atoms with Gasteiger partial charge in [-0.25, -0.2) is 9.97 Å². The minimum absolute atomic E-state index is 0.00706. The molecule has 1 amide bonds. The number of nitrogens with two attached hydrogens (primary N) is 1. The number of aryl methyl sites for hydroxylation is 1. The standard InChI is InChI=1S/C11H18N4OS/c1-7(2)5-13-10(16)6-17-11-14-8(3)4-9(12)15-11/h4,7H,5-6H2,1-3H3,(H,13,16)(H2,12,14,15).